The molecule has 0 saturated carbocycles. The van der Waals surface area contributed by atoms with Gasteiger partial charge in [0.2, 0.25) is 0 Å². The van der Waals surface area contributed by atoms with Crippen LogP contribution < -0.4 is 0 Å². The molecule has 88 valence electrons. The molecule has 0 aliphatic heterocycles. The summed E-state index contributed by atoms with van der Waals surface area (Å²) in [4.78, 5) is 13.2. The largest absolute Gasteiger partial charge is 0.481 e. The van der Waals surface area contributed by atoms with Crippen LogP contribution in [0.5, 0.6) is 0 Å². The fourth-order valence-corrected chi connectivity index (χ4v) is 1.37. The molecular formula is C12H13N3O2. The van der Waals surface area contributed by atoms with Gasteiger partial charge in [-0.1, -0.05) is 47.6 Å². The van der Waals surface area contributed by atoms with Gasteiger partial charge in [-0.25, -0.2) is 0 Å². The molecule has 17 heavy (non-hydrogen) atoms. The Bertz CT molecular complexity index is 436. The summed E-state index contributed by atoms with van der Waals surface area (Å²) in [6.07, 6.45) is 3.97. The minimum Gasteiger partial charge on any atom is -0.481 e. The maximum Gasteiger partial charge on any atom is 0.303 e. The van der Waals surface area contributed by atoms with E-state index in [2.05, 4.69) is 10.0 Å². The molecule has 1 unspecified atom stereocenters. The van der Waals surface area contributed by atoms with E-state index in [-0.39, 0.29) is 6.42 Å². The molecule has 0 aliphatic rings. The van der Waals surface area contributed by atoms with Gasteiger partial charge < -0.3 is 5.11 Å². The van der Waals surface area contributed by atoms with Crippen LogP contribution in [0.3, 0.4) is 0 Å². The molecule has 0 bridgehead atoms. The molecule has 1 N–H and O–H groups in total. The molecule has 1 atom stereocenters. The van der Waals surface area contributed by atoms with Crippen LogP contribution in [0.1, 0.15) is 18.4 Å². The normalized spacial score (nSPS) is 12.0. The average molecular weight is 231 g/mol. The van der Waals surface area contributed by atoms with E-state index in [9.17, 15) is 4.79 Å². The zero-order valence-electron chi connectivity index (χ0n) is 9.23. The Morgan fingerprint density at radius 3 is 2.76 bits per heavy atom. The van der Waals surface area contributed by atoms with Crippen LogP contribution in [0, 0.1) is 0 Å². The SMILES string of the molecule is [N-]=[N+]=NC(C/C=C/c1ccccc1)CC(=O)O. The standard InChI is InChI=1S/C12H13N3O2/c13-15-14-11(9-12(16)17)8-4-7-10-5-2-1-3-6-10/h1-7,11H,8-9H2,(H,16,17)/b7-4+. The van der Waals surface area contributed by atoms with Crippen molar-refractivity contribution in [1.29, 1.82) is 0 Å². The van der Waals surface area contributed by atoms with Gasteiger partial charge in [-0.3, -0.25) is 4.79 Å². The summed E-state index contributed by atoms with van der Waals surface area (Å²) >= 11 is 0. The van der Waals surface area contributed by atoms with E-state index in [4.69, 9.17) is 10.6 Å². The molecule has 0 aromatic heterocycles. The quantitative estimate of drug-likeness (QED) is 0.463. The number of benzene rings is 1. The van der Waals surface area contributed by atoms with Gasteiger partial charge in [0.1, 0.15) is 0 Å². The number of carboxylic acid groups (broad SMARTS) is 1. The van der Waals surface area contributed by atoms with Gasteiger partial charge in [0.05, 0.1) is 12.5 Å². The Hall–Kier alpha value is -2.26. The Morgan fingerprint density at radius 2 is 2.18 bits per heavy atom. The van der Waals surface area contributed by atoms with Gasteiger partial charge in [-0.2, -0.15) is 0 Å². The lowest BCUT2D eigenvalue weighted by atomic mass is 10.1. The molecule has 5 nitrogen and oxygen atoms in total. The zero-order valence-corrected chi connectivity index (χ0v) is 9.23. The summed E-state index contributed by atoms with van der Waals surface area (Å²) in [7, 11) is 0. The van der Waals surface area contributed by atoms with Crippen molar-refractivity contribution in [2.45, 2.75) is 18.9 Å². The third kappa shape index (κ3) is 5.39. The molecule has 1 aromatic carbocycles. The van der Waals surface area contributed by atoms with Crippen molar-refractivity contribution in [2.24, 2.45) is 5.11 Å². The first-order valence-corrected chi connectivity index (χ1v) is 5.20. The van der Waals surface area contributed by atoms with Crippen LogP contribution in [0.4, 0.5) is 0 Å². The van der Waals surface area contributed by atoms with E-state index in [1.165, 1.54) is 0 Å². The zero-order chi connectivity index (χ0) is 12.5. The smallest absolute Gasteiger partial charge is 0.303 e. The predicted octanol–water partition coefficient (Wildman–Crippen LogP) is 3.24. The highest BCUT2D eigenvalue weighted by Crippen LogP contribution is 2.08. The third-order valence-electron chi connectivity index (χ3n) is 2.14. The second kappa shape index (κ2) is 7.09. The number of azide groups is 1. The number of hydrogen-bond acceptors (Lipinski definition) is 2. The monoisotopic (exact) mass is 231 g/mol. The average Bonchev–Trinajstić information content (AvgIpc) is 2.30. The van der Waals surface area contributed by atoms with Gasteiger partial charge in [-0.05, 0) is 17.5 Å². The van der Waals surface area contributed by atoms with Crippen LogP contribution in [0.15, 0.2) is 41.5 Å². The van der Waals surface area contributed by atoms with Crippen molar-refractivity contribution in [3.63, 3.8) is 0 Å². The highest BCUT2D eigenvalue weighted by Gasteiger charge is 2.08. The van der Waals surface area contributed by atoms with E-state index in [1.807, 2.05) is 42.5 Å². The van der Waals surface area contributed by atoms with Gasteiger partial charge in [0, 0.05) is 4.91 Å². The molecular weight excluding hydrogens is 218 g/mol. The van der Waals surface area contributed by atoms with Crippen molar-refractivity contribution >= 4 is 12.0 Å². The minimum absolute atomic E-state index is 0.150. The Labute approximate surface area is 99.0 Å². The lowest BCUT2D eigenvalue weighted by Gasteiger charge is -2.03. The van der Waals surface area contributed by atoms with Crippen LogP contribution in [0.2, 0.25) is 0 Å². The summed E-state index contributed by atoms with van der Waals surface area (Å²) < 4.78 is 0. The van der Waals surface area contributed by atoms with Gasteiger partial charge in [0.25, 0.3) is 0 Å². The number of carboxylic acids is 1. The Balaban J connectivity index is 2.54. The summed E-state index contributed by atoms with van der Waals surface area (Å²) in [5, 5.41) is 12.1. The van der Waals surface area contributed by atoms with E-state index in [0.717, 1.165) is 5.56 Å². The maximum atomic E-state index is 10.5. The lowest BCUT2D eigenvalue weighted by Crippen LogP contribution is -2.09. The summed E-state index contributed by atoms with van der Waals surface area (Å²) in [5.41, 5.74) is 9.34. The first-order valence-electron chi connectivity index (χ1n) is 5.20. The van der Waals surface area contributed by atoms with Crippen molar-refractivity contribution in [3.8, 4) is 0 Å². The highest BCUT2D eigenvalue weighted by atomic mass is 16.4. The third-order valence-corrected chi connectivity index (χ3v) is 2.14. The molecule has 0 heterocycles. The fourth-order valence-electron chi connectivity index (χ4n) is 1.37. The molecule has 1 aromatic rings. The maximum absolute atomic E-state index is 10.5. The molecule has 0 saturated heterocycles. The van der Waals surface area contributed by atoms with Crippen molar-refractivity contribution in [3.05, 3.63) is 52.4 Å². The number of aliphatic carboxylic acids is 1. The first-order chi connectivity index (χ1) is 8.22. The van der Waals surface area contributed by atoms with Gasteiger partial charge in [0.15, 0.2) is 0 Å². The summed E-state index contributed by atoms with van der Waals surface area (Å²) in [6, 6.07) is 9.11. The van der Waals surface area contributed by atoms with Gasteiger partial charge in [-0.15, -0.1) is 0 Å². The second-order valence-electron chi connectivity index (χ2n) is 3.51. The molecule has 5 heteroatoms. The highest BCUT2D eigenvalue weighted by molar-refractivity contribution is 5.67. The predicted molar refractivity (Wildman–Crippen MR) is 65.3 cm³/mol. The number of nitrogens with zero attached hydrogens (tertiary/aromatic N) is 3. The van der Waals surface area contributed by atoms with Crippen LogP contribution >= 0.6 is 0 Å². The fraction of sp³-hybridized carbons (Fsp3) is 0.250. The van der Waals surface area contributed by atoms with E-state index in [0.29, 0.717) is 6.42 Å². The molecule has 0 spiro atoms. The Morgan fingerprint density at radius 1 is 1.47 bits per heavy atom. The first kappa shape index (κ1) is 12.8. The molecule has 0 aliphatic carbocycles. The van der Waals surface area contributed by atoms with Crippen molar-refractivity contribution in [2.75, 3.05) is 0 Å². The topological polar surface area (TPSA) is 86.1 Å². The van der Waals surface area contributed by atoms with Crippen LogP contribution in [0.25, 0.3) is 16.5 Å². The Kier molecular flexibility index (Phi) is 5.34. The number of hydrogen-bond donors (Lipinski definition) is 1. The van der Waals surface area contributed by atoms with Crippen molar-refractivity contribution < 1.29 is 9.90 Å². The number of rotatable bonds is 6. The van der Waals surface area contributed by atoms with Crippen molar-refractivity contribution in [1.82, 2.24) is 0 Å². The van der Waals surface area contributed by atoms with E-state index < -0.39 is 12.0 Å². The van der Waals surface area contributed by atoms with Crippen LogP contribution in [-0.4, -0.2) is 17.1 Å². The minimum atomic E-state index is -0.962. The summed E-state index contributed by atoms with van der Waals surface area (Å²) in [5.74, 6) is -0.962. The van der Waals surface area contributed by atoms with Crippen LogP contribution in [-0.2, 0) is 4.79 Å². The second-order valence-corrected chi connectivity index (χ2v) is 3.51. The van der Waals surface area contributed by atoms with E-state index in [1.54, 1.807) is 0 Å². The summed E-state index contributed by atoms with van der Waals surface area (Å²) in [6.45, 7) is 0. The molecule has 0 fully saturated rings. The molecule has 1 rings (SSSR count). The number of carbonyl (C=O) groups is 1. The molecule has 0 radical (unpaired) electrons. The molecule has 0 amide bonds. The van der Waals surface area contributed by atoms with Gasteiger partial charge >= 0.3 is 5.97 Å². The van der Waals surface area contributed by atoms with E-state index >= 15 is 0 Å². The lowest BCUT2D eigenvalue weighted by molar-refractivity contribution is -0.137.